The second-order valence-electron chi connectivity index (χ2n) is 3.75. The van der Waals surface area contributed by atoms with Crippen molar-refractivity contribution < 1.29 is 22.3 Å². The zero-order valence-electron chi connectivity index (χ0n) is 9.83. The monoisotopic (exact) mass is 271 g/mol. The summed E-state index contributed by atoms with van der Waals surface area (Å²) in [5.74, 6) is -0.786. The maximum absolute atomic E-state index is 13.2. The molecule has 2 nitrogen and oxygen atoms in total. The lowest BCUT2D eigenvalue weighted by Crippen LogP contribution is -2.07. The van der Waals surface area contributed by atoms with E-state index in [0.29, 0.717) is 0 Å². The molecule has 1 heterocycles. The van der Waals surface area contributed by atoms with Gasteiger partial charge in [-0.2, -0.15) is 13.2 Å². The van der Waals surface area contributed by atoms with Crippen LogP contribution in [-0.4, -0.2) is 12.1 Å². The number of hydrogen-bond donors (Lipinski definition) is 0. The molecule has 0 fully saturated rings. The number of alkyl halides is 3. The summed E-state index contributed by atoms with van der Waals surface area (Å²) in [5, 5.41) is 0. The fourth-order valence-corrected chi connectivity index (χ4v) is 1.75. The highest BCUT2D eigenvalue weighted by Crippen LogP contribution is 2.39. The number of aromatic nitrogens is 1. The number of benzene rings is 1. The molecule has 0 aliphatic rings. The van der Waals surface area contributed by atoms with Crippen molar-refractivity contribution in [3.63, 3.8) is 0 Å². The molecule has 0 radical (unpaired) electrons. The normalized spacial score (nSPS) is 11.4. The predicted molar refractivity (Wildman–Crippen MR) is 61.2 cm³/mol. The Morgan fingerprint density at radius 2 is 1.79 bits per heavy atom. The maximum Gasteiger partial charge on any atom is 0.417 e. The third-order valence-electron chi connectivity index (χ3n) is 2.53. The van der Waals surface area contributed by atoms with Crippen LogP contribution in [0.2, 0.25) is 0 Å². The molecule has 0 unspecified atom stereocenters. The molecule has 0 aliphatic heterocycles. The predicted octanol–water partition coefficient (Wildman–Crippen LogP) is 3.92. The number of methoxy groups -OCH3 is 1. The van der Waals surface area contributed by atoms with Gasteiger partial charge in [-0.3, -0.25) is 0 Å². The summed E-state index contributed by atoms with van der Waals surface area (Å²) in [6.45, 7) is 0. The fraction of sp³-hybridized carbons (Fsp3) is 0.154. The first-order valence-electron chi connectivity index (χ1n) is 5.29. The summed E-state index contributed by atoms with van der Waals surface area (Å²) in [6, 6.07) is 5.86. The Hall–Kier alpha value is -2.11. The molecule has 19 heavy (non-hydrogen) atoms. The molecule has 0 amide bonds. The molecule has 0 saturated carbocycles. The molecular formula is C13H9F4NO. The molecule has 100 valence electrons. The molecule has 1 aromatic heterocycles. The van der Waals surface area contributed by atoms with Gasteiger partial charge in [-0.25, -0.2) is 9.37 Å². The Kier molecular flexibility index (Phi) is 3.42. The van der Waals surface area contributed by atoms with E-state index in [0.717, 1.165) is 18.3 Å². The van der Waals surface area contributed by atoms with Gasteiger partial charge in [-0.1, -0.05) is 18.2 Å². The Morgan fingerprint density at radius 3 is 2.42 bits per heavy atom. The van der Waals surface area contributed by atoms with E-state index in [9.17, 15) is 17.6 Å². The van der Waals surface area contributed by atoms with Crippen LogP contribution in [0.3, 0.4) is 0 Å². The average Bonchev–Trinajstić information content (AvgIpc) is 2.37. The van der Waals surface area contributed by atoms with Gasteiger partial charge >= 0.3 is 6.18 Å². The van der Waals surface area contributed by atoms with Crippen molar-refractivity contribution >= 4 is 0 Å². The topological polar surface area (TPSA) is 22.1 Å². The molecule has 0 atom stereocenters. The Balaban J connectivity index is 2.69. The molecule has 2 aromatic rings. The van der Waals surface area contributed by atoms with Crippen molar-refractivity contribution in [2.45, 2.75) is 6.18 Å². The van der Waals surface area contributed by atoms with Crippen LogP contribution in [0.5, 0.6) is 5.88 Å². The lowest BCUT2D eigenvalue weighted by molar-refractivity contribution is -0.137. The molecule has 0 saturated heterocycles. The molecule has 2 rings (SSSR count). The minimum Gasteiger partial charge on any atom is -0.481 e. The van der Waals surface area contributed by atoms with E-state index in [2.05, 4.69) is 4.98 Å². The van der Waals surface area contributed by atoms with Crippen LogP contribution >= 0.6 is 0 Å². The number of halogens is 4. The van der Waals surface area contributed by atoms with Gasteiger partial charge in [0.15, 0.2) is 0 Å². The SMILES string of the molecule is COc1ncc(F)cc1-c1ccccc1C(F)(F)F. The van der Waals surface area contributed by atoms with Crippen LogP contribution in [0.25, 0.3) is 11.1 Å². The number of rotatable bonds is 2. The van der Waals surface area contributed by atoms with Gasteiger partial charge in [-0.05, 0) is 17.7 Å². The highest BCUT2D eigenvalue weighted by Gasteiger charge is 2.34. The van der Waals surface area contributed by atoms with Gasteiger partial charge < -0.3 is 4.74 Å². The highest BCUT2D eigenvalue weighted by atomic mass is 19.4. The Morgan fingerprint density at radius 1 is 1.11 bits per heavy atom. The largest absolute Gasteiger partial charge is 0.481 e. The van der Waals surface area contributed by atoms with Gasteiger partial charge in [0.2, 0.25) is 5.88 Å². The lowest BCUT2D eigenvalue weighted by Gasteiger charge is -2.14. The third kappa shape index (κ3) is 2.67. The molecule has 0 spiro atoms. The zero-order valence-corrected chi connectivity index (χ0v) is 9.83. The van der Waals surface area contributed by atoms with E-state index in [1.54, 1.807) is 0 Å². The fourth-order valence-electron chi connectivity index (χ4n) is 1.75. The van der Waals surface area contributed by atoms with Crippen molar-refractivity contribution in [3.8, 4) is 17.0 Å². The first-order chi connectivity index (χ1) is 8.93. The maximum atomic E-state index is 13.2. The van der Waals surface area contributed by atoms with Crippen LogP contribution in [0.1, 0.15) is 5.56 Å². The summed E-state index contributed by atoms with van der Waals surface area (Å²) >= 11 is 0. The molecule has 0 aliphatic carbocycles. The van der Waals surface area contributed by atoms with Gasteiger partial charge in [-0.15, -0.1) is 0 Å². The van der Waals surface area contributed by atoms with E-state index < -0.39 is 17.6 Å². The summed E-state index contributed by atoms with van der Waals surface area (Å²) in [5.41, 5.74) is -1.06. The van der Waals surface area contributed by atoms with Crippen LogP contribution in [0.15, 0.2) is 36.5 Å². The summed E-state index contributed by atoms with van der Waals surface area (Å²) in [7, 11) is 1.26. The van der Waals surface area contributed by atoms with Crippen LogP contribution in [0.4, 0.5) is 17.6 Å². The van der Waals surface area contributed by atoms with Gasteiger partial charge in [0.05, 0.1) is 18.9 Å². The standard InChI is InChI=1S/C13H9F4NO/c1-19-12-10(6-8(14)7-18-12)9-4-2-3-5-11(9)13(15,16)17/h2-7H,1H3. The number of hydrogen-bond acceptors (Lipinski definition) is 2. The van der Waals surface area contributed by atoms with E-state index in [4.69, 9.17) is 4.74 Å². The molecule has 0 N–H and O–H groups in total. The van der Waals surface area contributed by atoms with Crippen molar-refractivity contribution in [3.05, 3.63) is 47.9 Å². The Bertz CT molecular complexity index is 595. The van der Waals surface area contributed by atoms with Crippen molar-refractivity contribution in [1.29, 1.82) is 0 Å². The Labute approximate surface area is 106 Å². The van der Waals surface area contributed by atoms with Crippen molar-refractivity contribution in [2.75, 3.05) is 7.11 Å². The second kappa shape index (κ2) is 4.87. The highest BCUT2D eigenvalue weighted by molar-refractivity contribution is 5.72. The summed E-state index contributed by atoms with van der Waals surface area (Å²) in [6.07, 6.45) is -3.65. The summed E-state index contributed by atoms with van der Waals surface area (Å²) < 4.78 is 56.8. The minimum atomic E-state index is -4.53. The number of ether oxygens (including phenoxy) is 1. The van der Waals surface area contributed by atoms with Gasteiger partial charge in [0.1, 0.15) is 5.82 Å². The van der Waals surface area contributed by atoms with Crippen LogP contribution < -0.4 is 4.74 Å². The van der Waals surface area contributed by atoms with Crippen LogP contribution in [-0.2, 0) is 6.18 Å². The van der Waals surface area contributed by atoms with Gasteiger partial charge in [0, 0.05) is 5.56 Å². The molecule has 1 aromatic carbocycles. The average molecular weight is 271 g/mol. The molecule has 6 heteroatoms. The lowest BCUT2D eigenvalue weighted by atomic mass is 10.0. The smallest absolute Gasteiger partial charge is 0.417 e. The van der Waals surface area contributed by atoms with E-state index >= 15 is 0 Å². The third-order valence-corrected chi connectivity index (χ3v) is 2.53. The van der Waals surface area contributed by atoms with E-state index in [-0.39, 0.29) is 17.0 Å². The second-order valence-corrected chi connectivity index (χ2v) is 3.75. The van der Waals surface area contributed by atoms with E-state index in [1.165, 1.54) is 25.3 Å². The number of nitrogens with zero attached hydrogens (tertiary/aromatic N) is 1. The molecular weight excluding hydrogens is 262 g/mol. The van der Waals surface area contributed by atoms with Gasteiger partial charge in [0.25, 0.3) is 0 Å². The van der Waals surface area contributed by atoms with E-state index in [1.807, 2.05) is 0 Å². The summed E-state index contributed by atoms with van der Waals surface area (Å²) in [4.78, 5) is 3.63. The van der Waals surface area contributed by atoms with Crippen molar-refractivity contribution in [2.24, 2.45) is 0 Å². The van der Waals surface area contributed by atoms with Crippen molar-refractivity contribution in [1.82, 2.24) is 4.98 Å². The van der Waals surface area contributed by atoms with Crippen LogP contribution in [0, 0.1) is 5.82 Å². The first-order valence-corrected chi connectivity index (χ1v) is 5.29. The first kappa shape index (κ1) is 13.3. The minimum absolute atomic E-state index is 0.0320. The zero-order chi connectivity index (χ0) is 14.0. The molecule has 0 bridgehead atoms. The number of pyridine rings is 1. The quantitative estimate of drug-likeness (QED) is 0.772.